The van der Waals surface area contributed by atoms with Crippen molar-refractivity contribution in [3.05, 3.63) is 65.0 Å². The average Bonchev–Trinajstić information content (AvgIpc) is 3.32. The Morgan fingerprint density at radius 1 is 0.971 bits per heavy atom. The molecule has 2 aromatic heterocycles. The van der Waals surface area contributed by atoms with E-state index in [0.717, 1.165) is 22.7 Å². The van der Waals surface area contributed by atoms with Crippen LogP contribution in [-0.2, 0) is 10.0 Å². The minimum Gasteiger partial charge on any atom is -0.497 e. The Balaban J connectivity index is 1.46. The number of fused-ring (bicyclic) bond motifs is 1. The lowest BCUT2D eigenvalue weighted by molar-refractivity contribution is 0.383. The van der Waals surface area contributed by atoms with Crippen molar-refractivity contribution < 1.29 is 13.2 Å². The highest BCUT2D eigenvalue weighted by Gasteiger charge is 2.32. The van der Waals surface area contributed by atoms with Gasteiger partial charge in [-0.2, -0.15) is 18.9 Å². The lowest BCUT2D eigenvalue weighted by atomic mass is 10.1. The summed E-state index contributed by atoms with van der Waals surface area (Å²) in [6.07, 6.45) is 3.21. The fraction of sp³-hybridized carbons (Fsp3) is 0.227. The van der Waals surface area contributed by atoms with Gasteiger partial charge in [0.05, 0.1) is 12.1 Å². The van der Waals surface area contributed by atoms with Crippen molar-refractivity contribution in [1.29, 1.82) is 0 Å². The molecule has 0 unspecified atom stereocenters. The van der Waals surface area contributed by atoms with Crippen LogP contribution in [0.5, 0.6) is 5.75 Å². The number of aromatic nitrogens is 4. The molecule has 3 heterocycles. The van der Waals surface area contributed by atoms with Crippen LogP contribution < -0.4 is 9.64 Å². The molecule has 5 rings (SSSR count). The normalized spacial score (nSPS) is 15.1. The van der Waals surface area contributed by atoms with Gasteiger partial charge in [0.15, 0.2) is 0 Å². The highest BCUT2D eigenvalue weighted by molar-refractivity contribution is 7.89. The maximum atomic E-state index is 13.2. The minimum absolute atomic E-state index is 0.0496. The number of sulfonamides is 1. The van der Waals surface area contributed by atoms with Gasteiger partial charge in [-0.3, -0.25) is 0 Å². The van der Waals surface area contributed by atoms with Crippen LogP contribution in [-0.4, -0.2) is 65.6 Å². The van der Waals surface area contributed by atoms with Crippen LogP contribution in [0, 0.1) is 0 Å². The number of rotatable bonds is 5. The van der Waals surface area contributed by atoms with Gasteiger partial charge >= 0.3 is 0 Å². The van der Waals surface area contributed by atoms with E-state index in [9.17, 15) is 8.42 Å². The Labute approximate surface area is 206 Å². The summed E-state index contributed by atoms with van der Waals surface area (Å²) in [5.41, 5.74) is 1.79. The molecule has 4 aromatic rings. The van der Waals surface area contributed by atoms with E-state index in [1.165, 1.54) is 28.8 Å². The molecule has 0 aliphatic carbocycles. The second-order valence-corrected chi connectivity index (χ2v) is 10.4. The third-order valence-electron chi connectivity index (χ3n) is 5.73. The van der Waals surface area contributed by atoms with Crippen LogP contribution >= 0.6 is 23.2 Å². The van der Waals surface area contributed by atoms with Gasteiger partial charge in [-0.05, 0) is 35.9 Å². The minimum atomic E-state index is -3.76. The van der Waals surface area contributed by atoms with Crippen LogP contribution in [0.25, 0.3) is 16.9 Å². The Kier molecular flexibility index (Phi) is 6.07. The Bertz CT molecular complexity index is 1450. The predicted molar refractivity (Wildman–Crippen MR) is 130 cm³/mol. The third kappa shape index (κ3) is 4.07. The maximum Gasteiger partial charge on any atom is 0.254 e. The van der Waals surface area contributed by atoms with Gasteiger partial charge in [0.2, 0.25) is 10.0 Å². The Morgan fingerprint density at radius 3 is 2.38 bits per heavy atom. The molecular formula is C22H20Cl2N6O3S. The zero-order valence-corrected chi connectivity index (χ0v) is 20.4. The van der Waals surface area contributed by atoms with E-state index < -0.39 is 10.0 Å². The van der Waals surface area contributed by atoms with E-state index in [1.54, 1.807) is 17.8 Å². The molecule has 0 bridgehead atoms. The van der Waals surface area contributed by atoms with Gasteiger partial charge in [-0.1, -0.05) is 35.3 Å². The highest BCUT2D eigenvalue weighted by Crippen LogP contribution is 2.33. The standard InChI is InChI=1S/C22H20Cl2N6O3S/c1-33-17-5-2-15(3-6-17)18-13-25-22-26-14-27-30(22)21(18)28-8-10-29(11-9-28)34(31,32)20-7-4-16(23)12-19(20)24/h2-7,12-14H,8-11H2,1H3. The Morgan fingerprint density at radius 2 is 1.71 bits per heavy atom. The second kappa shape index (κ2) is 9.03. The molecule has 176 valence electrons. The summed E-state index contributed by atoms with van der Waals surface area (Å²) in [5, 5.41) is 4.85. The maximum absolute atomic E-state index is 13.2. The molecule has 1 aliphatic rings. The first-order chi connectivity index (χ1) is 16.4. The molecule has 0 radical (unpaired) electrons. The molecule has 0 spiro atoms. The zero-order chi connectivity index (χ0) is 23.9. The number of methoxy groups -OCH3 is 1. The topological polar surface area (TPSA) is 92.9 Å². The lowest BCUT2D eigenvalue weighted by Crippen LogP contribution is -2.49. The first kappa shape index (κ1) is 22.9. The van der Waals surface area contributed by atoms with Gasteiger partial charge in [-0.25, -0.2) is 13.4 Å². The second-order valence-electron chi connectivity index (χ2n) is 7.66. The van der Waals surface area contributed by atoms with Crippen molar-refractivity contribution >= 4 is 44.8 Å². The molecule has 0 amide bonds. The smallest absolute Gasteiger partial charge is 0.254 e. The predicted octanol–water partition coefficient (Wildman–Crippen LogP) is 3.62. The van der Waals surface area contributed by atoms with Crippen molar-refractivity contribution in [2.24, 2.45) is 0 Å². The molecule has 12 heteroatoms. The molecule has 1 fully saturated rings. The van der Waals surface area contributed by atoms with Crippen LogP contribution in [0.3, 0.4) is 0 Å². The van der Waals surface area contributed by atoms with Gasteiger partial charge in [0.25, 0.3) is 5.78 Å². The highest BCUT2D eigenvalue weighted by atomic mass is 35.5. The number of anilines is 1. The van der Waals surface area contributed by atoms with E-state index in [1.807, 2.05) is 24.3 Å². The van der Waals surface area contributed by atoms with Crippen molar-refractivity contribution in [1.82, 2.24) is 23.9 Å². The molecular weight excluding hydrogens is 499 g/mol. The monoisotopic (exact) mass is 518 g/mol. The van der Waals surface area contributed by atoms with Crippen molar-refractivity contribution in [3.63, 3.8) is 0 Å². The van der Waals surface area contributed by atoms with E-state index in [4.69, 9.17) is 27.9 Å². The largest absolute Gasteiger partial charge is 0.497 e. The van der Waals surface area contributed by atoms with Crippen LogP contribution in [0.1, 0.15) is 0 Å². The molecule has 34 heavy (non-hydrogen) atoms. The van der Waals surface area contributed by atoms with Gasteiger partial charge < -0.3 is 9.64 Å². The van der Waals surface area contributed by atoms with Crippen molar-refractivity contribution in [2.75, 3.05) is 38.2 Å². The van der Waals surface area contributed by atoms with E-state index in [0.29, 0.717) is 23.9 Å². The molecule has 1 aliphatic heterocycles. The number of nitrogens with zero attached hydrogens (tertiary/aromatic N) is 6. The number of ether oxygens (including phenoxy) is 1. The summed E-state index contributed by atoms with van der Waals surface area (Å²) < 4.78 is 34.8. The third-order valence-corrected chi connectivity index (χ3v) is 8.35. The number of hydrogen-bond donors (Lipinski definition) is 0. The summed E-state index contributed by atoms with van der Waals surface area (Å²) in [5.74, 6) is 2.02. The van der Waals surface area contributed by atoms with Crippen molar-refractivity contribution in [2.45, 2.75) is 4.90 Å². The SMILES string of the molecule is COc1ccc(-c2cnc3ncnn3c2N2CCN(S(=O)(=O)c3ccc(Cl)cc3Cl)CC2)cc1. The van der Waals surface area contributed by atoms with Gasteiger partial charge in [0, 0.05) is 43.0 Å². The van der Waals surface area contributed by atoms with E-state index in [-0.39, 0.29) is 23.0 Å². The summed E-state index contributed by atoms with van der Waals surface area (Å²) in [4.78, 5) is 10.8. The number of halogens is 2. The Hall–Kier alpha value is -2.92. The van der Waals surface area contributed by atoms with E-state index in [2.05, 4.69) is 20.0 Å². The molecule has 0 N–H and O–H groups in total. The van der Waals surface area contributed by atoms with Gasteiger partial charge in [-0.15, -0.1) is 0 Å². The number of benzene rings is 2. The van der Waals surface area contributed by atoms with Crippen LogP contribution in [0.2, 0.25) is 10.0 Å². The fourth-order valence-electron chi connectivity index (χ4n) is 4.01. The van der Waals surface area contributed by atoms with Crippen molar-refractivity contribution in [3.8, 4) is 16.9 Å². The molecule has 1 saturated heterocycles. The van der Waals surface area contributed by atoms with Gasteiger partial charge in [0.1, 0.15) is 22.8 Å². The molecule has 0 saturated carbocycles. The summed E-state index contributed by atoms with van der Waals surface area (Å²) in [7, 11) is -2.14. The average molecular weight is 519 g/mol. The molecule has 0 atom stereocenters. The molecule has 2 aromatic carbocycles. The summed E-state index contributed by atoms with van der Waals surface area (Å²) in [6, 6.07) is 12.1. The lowest BCUT2D eigenvalue weighted by Gasteiger charge is -2.36. The summed E-state index contributed by atoms with van der Waals surface area (Å²) >= 11 is 12.1. The molecule has 9 nitrogen and oxygen atoms in total. The summed E-state index contributed by atoms with van der Waals surface area (Å²) in [6.45, 7) is 1.46. The quantitative estimate of drug-likeness (QED) is 0.398. The first-order valence-electron chi connectivity index (χ1n) is 10.4. The van der Waals surface area contributed by atoms with E-state index >= 15 is 0 Å². The number of piperazine rings is 1. The first-order valence-corrected chi connectivity index (χ1v) is 12.6. The van der Waals surface area contributed by atoms with Crippen LogP contribution in [0.15, 0.2) is 59.9 Å². The number of hydrogen-bond acceptors (Lipinski definition) is 7. The van der Waals surface area contributed by atoms with Crippen LogP contribution in [0.4, 0.5) is 5.82 Å². The zero-order valence-electron chi connectivity index (χ0n) is 18.1. The fourth-order valence-corrected chi connectivity index (χ4v) is 6.18.